The van der Waals surface area contributed by atoms with Gasteiger partial charge in [0.2, 0.25) is 5.91 Å². The predicted molar refractivity (Wildman–Crippen MR) is 80.9 cm³/mol. The van der Waals surface area contributed by atoms with E-state index in [1.165, 1.54) is 22.7 Å². The predicted octanol–water partition coefficient (Wildman–Crippen LogP) is -0.583. The molecule has 2 N–H and O–H groups in total. The van der Waals surface area contributed by atoms with E-state index in [-0.39, 0.29) is 24.6 Å². The number of nitrogens with zero attached hydrogens (tertiary/aromatic N) is 3. The molecule has 0 aliphatic carbocycles. The number of carbonyl (C=O) groups excluding carboxylic acids is 1. The molecule has 0 fully saturated rings. The highest BCUT2D eigenvalue weighted by atomic mass is 16.2. The van der Waals surface area contributed by atoms with Crippen LogP contribution >= 0.6 is 0 Å². The number of nitrogens with two attached hydrogens (primary N) is 1. The van der Waals surface area contributed by atoms with E-state index in [0.717, 1.165) is 4.57 Å². The van der Waals surface area contributed by atoms with Crippen molar-refractivity contribution >= 4 is 5.91 Å². The molecule has 1 unspecified atom stereocenters. The summed E-state index contributed by atoms with van der Waals surface area (Å²) in [7, 11) is 4.63. The fraction of sp³-hybridized carbons (Fsp3) is 0.643. The SMILES string of the molecule is CCC(C)(CN)C(=O)N(C)Cc1cn(C)c(=O)n(C)c1=O. The summed E-state index contributed by atoms with van der Waals surface area (Å²) < 4.78 is 2.37. The van der Waals surface area contributed by atoms with Gasteiger partial charge in [-0.2, -0.15) is 0 Å². The van der Waals surface area contributed by atoms with Crippen molar-refractivity contribution in [3.63, 3.8) is 0 Å². The number of carbonyl (C=O) groups is 1. The van der Waals surface area contributed by atoms with Crippen molar-refractivity contribution in [3.8, 4) is 0 Å². The third kappa shape index (κ3) is 3.24. The molecule has 0 aromatic carbocycles. The van der Waals surface area contributed by atoms with Crippen molar-refractivity contribution in [2.75, 3.05) is 13.6 Å². The lowest BCUT2D eigenvalue weighted by atomic mass is 9.86. The minimum absolute atomic E-state index is 0.108. The fourth-order valence-electron chi connectivity index (χ4n) is 2.16. The van der Waals surface area contributed by atoms with Gasteiger partial charge in [-0.05, 0) is 13.3 Å². The first-order chi connectivity index (χ1) is 9.67. The lowest BCUT2D eigenvalue weighted by Gasteiger charge is -2.30. The Hall–Kier alpha value is -1.89. The first-order valence-corrected chi connectivity index (χ1v) is 6.89. The van der Waals surface area contributed by atoms with Crippen molar-refractivity contribution in [1.29, 1.82) is 0 Å². The molecule has 0 aliphatic rings. The summed E-state index contributed by atoms with van der Waals surface area (Å²) in [5.41, 5.74) is 4.67. The zero-order valence-corrected chi connectivity index (χ0v) is 13.3. The molecule has 0 radical (unpaired) electrons. The van der Waals surface area contributed by atoms with Crippen LogP contribution in [0.1, 0.15) is 25.8 Å². The highest BCUT2D eigenvalue weighted by Gasteiger charge is 2.32. The quantitative estimate of drug-likeness (QED) is 0.787. The van der Waals surface area contributed by atoms with Crippen LogP contribution in [0.15, 0.2) is 15.8 Å². The highest BCUT2D eigenvalue weighted by molar-refractivity contribution is 5.82. The lowest BCUT2D eigenvalue weighted by molar-refractivity contribution is -0.140. The smallest absolute Gasteiger partial charge is 0.330 e. The minimum Gasteiger partial charge on any atom is -0.341 e. The Balaban J connectivity index is 3.10. The Morgan fingerprint density at radius 3 is 2.43 bits per heavy atom. The van der Waals surface area contributed by atoms with Gasteiger partial charge in [0.25, 0.3) is 5.56 Å². The Kier molecular flexibility index (Phi) is 5.11. The molecule has 118 valence electrons. The normalized spacial score (nSPS) is 13.8. The van der Waals surface area contributed by atoms with Gasteiger partial charge in [-0.15, -0.1) is 0 Å². The van der Waals surface area contributed by atoms with Crippen LogP contribution in [-0.2, 0) is 25.4 Å². The van der Waals surface area contributed by atoms with E-state index in [9.17, 15) is 14.4 Å². The van der Waals surface area contributed by atoms with Gasteiger partial charge in [0, 0.05) is 33.9 Å². The van der Waals surface area contributed by atoms with Crippen molar-refractivity contribution in [2.45, 2.75) is 26.8 Å². The Morgan fingerprint density at radius 2 is 1.95 bits per heavy atom. The van der Waals surface area contributed by atoms with Gasteiger partial charge in [0.1, 0.15) is 0 Å². The van der Waals surface area contributed by atoms with Gasteiger partial charge >= 0.3 is 5.69 Å². The van der Waals surface area contributed by atoms with Crippen LogP contribution < -0.4 is 17.0 Å². The zero-order valence-electron chi connectivity index (χ0n) is 13.3. The van der Waals surface area contributed by atoms with Crippen LogP contribution in [-0.4, -0.2) is 33.5 Å². The van der Waals surface area contributed by atoms with Crippen LogP contribution in [0.25, 0.3) is 0 Å². The van der Waals surface area contributed by atoms with Crippen LogP contribution in [0.2, 0.25) is 0 Å². The molecule has 1 aromatic heterocycles. The maximum atomic E-state index is 12.4. The van der Waals surface area contributed by atoms with Gasteiger partial charge in [-0.3, -0.25) is 14.2 Å². The second-order valence-corrected chi connectivity index (χ2v) is 5.69. The van der Waals surface area contributed by atoms with Gasteiger partial charge in [-0.1, -0.05) is 6.92 Å². The molecule has 1 amide bonds. The molecule has 1 heterocycles. The Morgan fingerprint density at radius 1 is 1.38 bits per heavy atom. The number of hydrogen-bond acceptors (Lipinski definition) is 4. The largest absolute Gasteiger partial charge is 0.341 e. The number of amides is 1. The van der Waals surface area contributed by atoms with Crippen LogP contribution in [0.4, 0.5) is 0 Å². The minimum atomic E-state index is -0.638. The average Bonchev–Trinajstić information content (AvgIpc) is 2.48. The van der Waals surface area contributed by atoms with E-state index in [1.54, 1.807) is 14.1 Å². The van der Waals surface area contributed by atoms with E-state index in [1.807, 2.05) is 13.8 Å². The number of rotatable bonds is 5. The first-order valence-electron chi connectivity index (χ1n) is 6.89. The molecule has 7 heteroatoms. The lowest BCUT2D eigenvalue weighted by Crippen LogP contribution is -2.46. The van der Waals surface area contributed by atoms with Gasteiger partial charge in [0.05, 0.1) is 17.5 Å². The monoisotopic (exact) mass is 296 g/mol. The third-order valence-corrected chi connectivity index (χ3v) is 4.02. The molecule has 7 nitrogen and oxygen atoms in total. The molecule has 0 spiro atoms. The van der Waals surface area contributed by atoms with Crippen LogP contribution in [0.5, 0.6) is 0 Å². The summed E-state index contributed by atoms with van der Waals surface area (Å²) in [5, 5.41) is 0. The fourth-order valence-corrected chi connectivity index (χ4v) is 2.16. The summed E-state index contributed by atoms with van der Waals surface area (Å²) in [4.78, 5) is 37.6. The second kappa shape index (κ2) is 6.26. The summed E-state index contributed by atoms with van der Waals surface area (Å²) >= 11 is 0. The molecule has 0 saturated carbocycles. The molecule has 0 saturated heterocycles. The molecule has 1 aromatic rings. The second-order valence-electron chi connectivity index (χ2n) is 5.69. The Labute approximate surface area is 124 Å². The van der Waals surface area contributed by atoms with Crippen molar-refractivity contribution in [3.05, 3.63) is 32.6 Å². The number of hydrogen-bond donors (Lipinski definition) is 1. The van der Waals surface area contributed by atoms with E-state index >= 15 is 0 Å². The van der Waals surface area contributed by atoms with Crippen molar-refractivity contribution in [2.24, 2.45) is 25.2 Å². The number of aromatic nitrogens is 2. The number of aryl methyl sites for hydroxylation is 1. The highest BCUT2D eigenvalue weighted by Crippen LogP contribution is 2.22. The van der Waals surface area contributed by atoms with Crippen molar-refractivity contribution in [1.82, 2.24) is 14.0 Å². The first kappa shape index (κ1) is 17.2. The molecule has 0 aliphatic heterocycles. The summed E-state index contributed by atoms with van der Waals surface area (Å²) in [6.07, 6.45) is 2.10. The van der Waals surface area contributed by atoms with Crippen molar-refractivity contribution < 1.29 is 4.79 Å². The topological polar surface area (TPSA) is 90.3 Å². The van der Waals surface area contributed by atoms with Crippen LogP contribution in [0.3, 0.4) is 0 Å². The summed E-state index contributed by atoms with van der Waals surface area (Å²) in [6, 6.07) is 0. The molecule has 1 atom stereocenters. The Bertz CT molecular complexity index is 641. The van der Waals surface area contributed by atoms with Gasteiger partial charge < -0.3 is 15.2 Å². The van der Waals surface area contributed by atoms with E-state index in [2.05, 4.69) is 0 Å². The molecular weight excluding hydrogens is 272 g/mol. The third-order valence-electron chi connectivity index (χ3n) is 4.02. The summed E-state index contributed by atoms with van der Waals surface area (Å²) in [5.74, 6) is -0.108. The summed E-state index contributed by atoms with van der Waals surface area (Å²) in [6.45, 7) is 4.11. The van der Waals surface area contributed by atoms with Gasteiger partial charge in [-0.25, -0.2) is 4.79 Å². The van der Waals surface area contributed by atoms with Crippen LogP contribution in [0, 0.1) is 5.41 Å². The van der Waals surface area contributed by atoms with E-state index < -0.39 is 11.1 Å². The maximum Gasteiger partial charge on any atom is 0.330 e. The average molecular weight is 296 g/mol. The molecule has 21 heavy (non-hydrogen) atoms. The molecule has 1 rings (SSSR count). The van der Waals surface area contributed by atoms with E-state index in [0.29, 0.717) is 12.0 Å². The maximum absolute atomic E-state index is 12.4. The zero-order chi connectivity index (χ0) is 16.4. The van der Waals surface area contributed by atoms with Gasteiger partial charge in [0.15, 0.2) is 0 Å². The van der Waals surface area contributed by atoms with E-state index in [4.69, 9.17) is 5.73 Å². The standard InChI is InChI=1S/C14H24N4O3/c1-6-14(2,9-15)12(20)16(3)7-10-8-17(4)13(21)18(5)11(10)19/h8H,6-7,9,15H2,1-5H3. The molecular formula is C14H24N4O3. The molecule has 0 bridgehead atoms.